The van der Waals surface area contributed by atoms with E-state index in [1.165, 1.54) is 17.5 Å². The number of hydrogen-bond donors (Lipinski definition) is 2. The van der Waals surface area contributed by atoms with Crippen LogP contribution >= 0.6 is 11.3 Å². The zero-order valence-corrected chi connectivity index (χ0v) is 26.2. The van der Waals surface area contributed by atoms with E-state index in [4.69, 9.17) is 0 Å². The molecule has 1 amide bonds. The maximum absolute atomic E-state index is 12.9. The fourth-order valence-corrected chi connectivity index (χ4v) is 9.05. The second-order valence-electron chi connectivity index (χ2n) is 13.3. The minimum atomic E-state index is -4.26. The summed E-state index contributed by atoms with van der Waals surface area (Å²) in [6.45, 7) is 8.09. The number of halogens is 3. The number of hydrogen-bond acceptors (Lipinski definition) is 7. The number of nitrogens with one attached hydrogen (secondary N) is 2. The molecular weight excluding hydrogens is 599 g/mol. The van der Waals surface area contributed by atoms with Crippen molar-refractivity contribution in [3.8, 4) is 6.07 Å². The van der Waals surface area contributed by atoms with Crippen molar-refractivity contribution >= 4 is 44.2 Å². The maximum Gasteiger partial charge on any atom is 0.393 e. The number of nitriles is 1. The smallest absolute Gasteiger partial charge is 0.367 e. The van der Waals surface area contributed by atoms with Gasteiger partial charge < -0.3 is 15.2 Å². The molecule has 4 fully saturated rings. The summed E-state index contributed by atoms with van der Waals surface area (Å²) in [7, 11) is 0. The van der Waals surface area contributed by atoms with E-state index >= 15 is 0 Å². The molecule has 8 nitrogen and oxygen atoms in total. The molecule has 4 aliphatic rings. The predicted molar refractivity (Wildman–Crippen MR) is 168 cm³/mol. The van der Waals surface area contributed by atoms with Crippen LogP contribution in [0.3, 0.4) is 0 Å². The summed E-state index contributed by atoms with van der Waals surface area (Å²) >= 11 is 1.07. The van der Waals surface area contributed by atoms with Crippen molar-refractivity contribution in [2.24, 2.45) is 10.8 Å². The van der Waals surface area contributed by atoms with Crippen molar-refractivity contribution in [1.82, 2.24) is 24.8 Å². The van der Waals surface area contributed by atoms with Gasteiger partial charge in [-0.1, -0.05) is 6.07 Å². The summed E-state index contributed by atoms with van der Waals surface area (Å²) in [5, 5.41) is 18.2. The largest absolute Gasteiger partial charge is 0.393 e. The number of anilines is 1. The van der Waals surface area contributed by atoms with Gasteiger partial charge in [-0.15, -0.1) is 11.3 Å². The van der Waals surface area contributed by atoms with Gasteiger partial charge in [0.2, 0.25) is 5.91 Å². The molecule has 0 unspecified atom stereocenters. The van der Waals surface area contributed by atoms with Gasteiger partial charge in [-0.05, 0) is 80.7 Å². The van der Waals surface area contributed by atoms with E-state index in [2.05, 4.69) is 55.2 Å². The number of amides is 1. The summed E-state index contributed by atoms with van der Waals surface area (Å²) in [6.07, 6.45) is 0.664. The zero-order chi connectivity index (χ0) is 31.6. The first kappa shape index (κ1) is 30.0. The number of thiophene rings is 1. The summed E-state index contributed by atoms with van der Waals surface area (Å²) in [5.74, 6) is 0.776. The van der Waals surface area contributed by atoms with Crippen molar-refractivity contribution in [2.75, 3.05) is 25.0 Å². The Hall–Kier alpha value is -3.69. The first-order valence-electron chi connectivity index (χ1n) is 15.6. The first-order chi connectivity index (χ1) is 21.5. The van der Waals surface area contributed by atoms with E-state index in [9.17, 15) is 23.2 Å². The van der Waals surface area contributed by atoms with Gasteiger partial charge in [-0.25, -0.2) is 9.97 Å². The molecule has 1 aromatic carbocycles. The molecule has 1 aliphatic heterocycles. The van der Waals surface area contributed by atoms with E-state index in [-0.39, 0.29) is 27.7 Å². The molecule has 4 heterocycles. The molecule has 45 heavy (non-hydrogen) atoms. The number of rotatable bonds is 9. The van der Waals surface area contributed by atoms with Gasteiger partial charge in [0.25, 0.3) is 0 Å². The quantitative estimate of drug-likeness (QED) is 0.224. The highest BCUT2D eigenvalue weighted by atomic mass is 32.1. The van der Waals surface area contributed by atoms with Crippen LogP contribution in [0.15, 0.2) is 30.6 Å². The van der Waals surface area contributed by atoms with Crippen molar-refractivity contribution in [1.29, 1.82) is 5.26 Å². The lowest BCUT2D eigenvalue weighted by atomic mass is 9.35. The standard InChI is InChI=1S/C33H36F3N7OS/c1-3-38-30(44)32-15-31(16-32,17-32)18-43-23(13-37)10-25-20(2)21(4-5-27(25)43)14-42-8-6-22(7-9-42)41-28-26-11-24(12-33(34,35)36)45-29(26)40-19-39-28/h4-5,10-11,19,22H,3,6-9,12,14-18H2,1-2H3,(H,38,44)(H,39,40,41). The number of likely N-dealkylation sites (tertiary alicyclic amines) is 1. The molecule has 0 radical (unpaired) electrons. The molecule has 2 bridgehead atoms. The Morgan fingerprint density at radius 2 is 1.91 bits per heavy atom. The number of aryl methyl sites for hydroxylation is 1. The van der Waals surface area contributed by atoms with Crippen LogP contribution in [-0.4, -0.2) is 57.2 Å². The van der Waals surface area contributed by atoms with Gasteiger partial charge in [-0.3, -0.25) is 9.69 Å². The number of carbonyl (C=O) groups excluding carboxylic acids is 1. The molecule has 4 aromatic rings. The predicted octanol–water partition coefficient (Wildman–Crippen LogP) is 6.31. The molecule has 3 saturated carbocycles. The average Bonchev–Trinajstić information content (AvgIpc) is 3.52. The minimum Gasteiger partial charge on any atom is -0.367 e. The maximum atomic E-state index is 12.9. The van der Waals surface area contributed by atoms with E-state index in [0.29, 0.717) is 28.3 Å². The summed E-state index contributed by atoms with van der Waals surface area (Å²) in [5.41, 5.74) is 4.10. The second-order valence-corrected chi connectivity index (χ2v) is 14.4. The Bertz CT molecular complexity index is 1810. The van der Waals surface area contributed by atoms with Gasteiger partial charge in [0.15, 0.2) is 0 Å². The Kier molecular flexibility index (Phi) is 7.32. The lowest BCUT2D eigenvalue weighted by molar-refractivity contribution is -0.212. The van der Waals surface area contributed by atoms with Crippen LogP contribution in [0.4, 0.5) is 19.0 Å². The molecule has 2 N–H and O–H groups in total. The fourth-order valence-electron chi connectivity index (χ4n) is 8.02. The number of piperidine rings is 1. The molecule has 8 rings (SSSR count). The van der Waals surface area contributed by atoms with Crippen molar-refractivity contribution < 1.29 is 18.0 Å². The number of benzene rings is 1. The highest BCUT2D eigenvalue weighted by Crippen LogP contribution is 2.74. The van der Waals surface area contributed by atoms with Crippen LogP contribution in [0.25, 0.3) is 21.1 Å². The van der Waals surface area contributed by atoms with Crippen LogP contribution in [-0.2, 0) is 24.3 Å². The molecule has 3 aliphatic carbocycles. The van der Waals surface area contributed by atoms with Crippen molar-refractivity contribution in [3.63, 3.8) is 0 Å². The number of nitrogens with zero attached hydrogens (tertiary/aromatic N) is 5. The molecule has 236 valence electrons. The Morgan fingerprint density at radius 1 is 1.16 bits per heavy atom. The lowest BCUT2D eigenvalue weighted by Crippen LogP contribution is -2.68. The van der Waals surface area contributed by atoms with Gasteiger partial charge >= 0.3 is 6.18 Å². The number of fused-ring (bicyclic) bond motifs is 2. The van der Waals surface area contributed by atoms with Crippen LogP contribution in [0.2, 0.25) is 0 Å². The molecular formula is C33H36F3N7OS. The van der Waals surface area contributed by atoms with Crippen LogP contribution in [0.1, 0.15) is 60.7 Å². The molecule has 3 aromatic heterocycles. The lowest BCUT2D eigenvalue weighted by Gasteiger charge is -2.69. The normalized spacial score (nSPS) is 23.5. The topological polar surface area (TPSA) is 98.9 Å². The van der Waals surface area contributed by atoms with E-state index in [1.54, 1.807) is 6.07 Å². The first-order valence-corrected chi connectivity index (χ1v) is 16.4. The van der Waals surface area contributed by atoms with Gasteiger partial charge in [0, 0.05) is 54.5 Å². The fraction of sp³-hybridized carbons (Fsp3) is 0.515. The van der Waals surface area contributed by atoms with Gasteiger partial charge in [0.05, 0.1) is 17.2 Å². The minimum absolute atomic E-state index is 0.111. The van der Waals surface area contributed by atoms with E-state index < -0.39 is 12.6 Å². The highest BCUT2D eigenvalue weighted by Gasteiger charge is 2.71. The number of alkyl halides is 3. The van der Waals surface area contributed by atoms with Crippen LogP contribution < -0.4 is 10.6 Å². The van der Waals surface area contributed by atoms with Crippen molar-refractivity contribution in [3.05, 3.63) is 52.3 Å². The zero-order valence-electron chi connectivity index (χ0n) is 25.4. The highest BCUT2D eigenvalue weighted by molar-refractivity contribution is 7.18. The molecule has 12 heteroatoms. The third-order valence-corrected chi connectivity index (χ3v) is 11.2. The molecule has 0 spiro atoms. The van der Waals surface area contributed by atoms with Gasteiger partial charge in [-0.2, -0.15) is 18.4 Å². The third kappa shape index (κ3) is 5.44. The van der Waals surface area contributed by atoms with Crippen molar-refractivity contribution in [2.45, 2.75) is 77.7 Å². The summed E-state index contributed by atoms with van der Waals surface area (Å²) in [4.78, 5) is 24.3. The van der Waals surface area contributed by atoms with E-state index in [0.717, 1.165) is 80.5 Å². The Morgan fingerprint density at radius 3 is 2.60 bits per heavy atom. The Labute approximate surface area is 263 Å². The summed E-state index contributed by atoms with van der Waals surface area (Å²) < 4.78 is 40.9. The second kappa shape index (κ2) is 11.0. The number of aromatic nitrogens is 3. The summed E-state index contributed by atoms with van der Waals surface area (Å²) in [6, 6.07) is 10.5. The number of carbonyl (C=O) groups is 1. The molecule has 1 saturated heterocycles. The third-order valence-electron chi connectivity index (χ3n) is 10.1. The average molecular weight is 636 g/mol. The van der Waals surface area contributed by atoms with E-state index in [1.807, 2.05) is 13.0 Å². The van der Waals surface area contributed by atoms with Crippen LogP contribution in [0, 0.1) is 29.1 Å². The SMILES string of the molecule is CCNC(=O)C12CC(Cn3c(C#N)cc4c(C)c(CN5CCC(Nc6ncnc7sc(CC(F)(F)F)cc67)CC5)ccc43)(C1)C2. The Balaban J connectivity index is 0.992. The molecule has 0 atom stereocenters. The van der Waals surface area contributed by atoms with Crippen LogP contribution in [0.5, 0.6) is 0 Å². The van der Waals surface area contributed by atoms with Gasteiger partial charge in [0.1, 0.15) is 28.7 Å². The monoisotopic (exact) mass is 635 g/mol.